The minimum atomic E-state index is -0.0869. The standard InChI is InChI=1S/C38H68O3/c1-8-9-10-11-12-13-14-15-16-17-18-19-20-21-25-28-35(39)41-29-26-23-22-24-27-32-30-33(37(2,3)4)36(40)34(31-32)38(5,6)7/h30-31,40H,8-29H2,1-7H3. The molecular weight excluding hydrogens is 504 g/mol. The van der Waals surface area contributed by atoms with Crippen LogP contribution in [0.5, 0.6) is 5.75 Å². The van der Waals surface area contributed by atoms with Gasteiger partial charge in [-0.25, -0.2) is 0 Å². The third-order valence-corrected chi connectivity index (χ3v) is 8.39. The van der Waals surface area contributed by atoms with E-state index in [1.54, 1.807) is 0 Å². The number of unbranched alkanes of at least 4 members (excludes halogenated alkanes) is 17. The summed E-state index contributed by atoms with van der Waals surface area (Å²) in [5.74, 6) is 0.438. The Hall–Kier alpha value is -1.51. The van der Waals surface area contributed by atoms with Gasteiger partial charge in [0.25, 0.3) is 0 Å². The number of aromatic hydroxyl groups is 1. The quantitative estimate of drug-likeness (QED) is 0.105. The highest BCUT2D eigenvalue weighted by atomic mass is 16.5. The van der Waals surface area contributed by atoms with Crippen molar-refractivity contribution < 1.29 is 14.6 Å². The molecule has 1 aromatic carbocycles. The number of ether oxygens (including phenoxy) is 1. The molecule has 1 rings (SSSR count). The van der Waals surface area contributed by atoms with E-state index in [2.05, 4.69) is 60.6 Å². The van der Waals surface area contributed by atoms with Gasteiger partial charge in [-0.3, -0.25) is 4.79 Å². The lowest BCUT2D eigenvalue weighted by atomic mass is 9.78. The van der Waals surface area contributed by atoms with Gasteiger partial charge in [-0.1, -0.05) is 163 Å². The zero-order valence-electron chi connectivity index (χ0n) is 28.5. The monoisotopic (exact) mass is 573 g/mol. The third-order valence-electron chi connectivity index (χ3n) is 8.39. The number of benzene rings is 1. The van der Waals surface area contributed by atoms with Crippen LogP contribution in [0.1, 0.15) is 194 Å². The van der Waals surface area contributed by atoms with Gasteiger partial charge in [-0.2, -0.15) is 0 Å². The minimum absolute atomic E-state index is 0.0202. The molecule has 0 aliphatic carbocycles. The summed E-state index contributed by atoms with van der Waals surface area (Å²) in [6.07, 6.45) is 26.0. The number of carbonyl (C=O) groups excluding carboxylic acids is 1. The van der Waals surface area contributed by atoms with Crippen LogP contribution < -0.4 is 0 Å². The van der Waals surface area contributed by atoms with E-state index in [0.717, 1.165) is 56.1 Å². The number of hydrogen-bond donors (Lipinski definition) is 1. The van der Waals surface area contributed by atoms with Crippen LogP contribution in [0.3, 0.4) is 0 Å². The van der Waals surface area contributed by atoms with Crippen LogP contribution in [0.25, 0.3) is 0 Å². The van der Waals surface area contributed by atoms with E-state index in [0.29, 0.717) is 18.8 Å². The highest BCUT2D eigenvalue weighted by Crippen LogP contribution is 2.40. The Labute approximate surface area is 255 Å². The van der Waals surface area contributed by atoms with Crippen LogP contribution in [-0.4, -0.2) is 17.7 Å². The predicted octanol–water partition coefficient (Wildman–Crippen LogP) is 11.9. The first-order chi connectivity index (χ1) is 19.5. The summed E-state index contributed by atoms with van der Waals surface area (Å²) < 4.78 is 5.48. The lowest BCUT2D eigenvalue weighted by Gasteiger charge is -2.28. The summed E-state index contributed by atoms with van der Waals surface area (Å²) >= 11 is 0. The fraction of sp³-hybridized carbons (Fsp3) is 0.816. The molecule has 1 aromatic rings. The second-order valence-corrected chi connectivity index (χ2v) is 14.6. The Balaban J connectivity index is 2.04. The molecule has 1 N–H and O–H groups in total. The molecule has 0 aromatic heterocycles. The Morgan fingerprint density at radius 3 is 1.44 bits per heavy atom. The first-order valence-corrected chi connectivity index (χ1v) is 17.5. The Morgan fingerprint density at radius 2 is 1.00 bits per heavy atom. The second kappa shape index (κ2) is 21.2. The third kappa shape index (κ3) is 17.9. The van der Waals surface area contributed by atoms with Crippen LogP contribution in [0.15, 0.2) is 12.1 Å². The molecule has 0 saturated carbocycles. The molecule has 3 heteroatoms. The van der Waals surface area contributed by atoms with Crippen LogP contribution in [0, 0.1) is 0 Å². The van der Waals surface area contributed by atoms with E-state index < -0.39 is 0 Å². The summed E-state index contributed by atoms with van der Waals surface area (Å²) in [7, 11) is 0. The zero-order valence-corrected chi connectivity index (χ0v) is 28.5. The van der Waals surface area contributed by atoms with Crippen molar-refractivity contribution in [2.75, 3.05) is 6.61 Å². The molecule has 238 valence electrons. The van der Waals surface area contributed by atoms with Crippen molar-refractivity contribution in [3.05, 3.63) is 28.8 Å². The molecule has 0 atom stereocenters. The minimum Gasteiger partial charge on any atom is -0.507 e. The number of phenolic OH excluding ortho intramolecular Hbond substituents is 1. The molecule has 0 radical (unpaired) electrons. The van der Waals surface area contributed by atoms with Crippen molar-refractivity contribution in [3.8, 4) is 5.75 Å². The van der Waals surface area contributed by atoms with Crippen LogP contribution in [0.4, 0.5) is 0 Å². The Morgan fingerprint density at radius 1 is 0.610 bits per heavy atom. The zero-order chi connectivity index (χ0) is 30.6. The van der Waals surface area contributed by atoms with Gasteiger partial charge in [0.15, 0.2) is 0 Å². The maximum absolute atomic E-state index is 12.1. The molecule has 0 bridgehead atoms. The fourth-order valence-corrected chi connectivity index (χ4v) is 5.67. The molecule has 0 aliphatic rings. The van der Waals surface area contributed by atoms with Gasteiger partial charge >= 0.3 is 5.97 Å². The lowest BCUT2D eigenvalue weighted by Crippen LogP contribution is -2.18. The van der Waals surface area contributed by atoms with E-state index in [1.807, 2.05) is 0 Å². The number of rotatable bonds is 23. The van der Waals surface area contributed by atoms with E-state index in [9.17, 15) is 9.90 Å². The lowest BCUT2D eigenvalue weighted by molar-refractivity contribution is -0.143. The number of esters is 1. The molecule has 0 fully saturated rings. The highest BCUT2D eigenvalue weighted by molar-refractivity contribution is 5.69. The first-order valence-electron chi connectivity index (χ1n) is 17.5. The van der Waals surface area contributed by atoms with Gasteiger partial charge in [-0.15, -0.1) is 0 Å². The fourth-order valence-electron chi connectivity index (χ4n) is 5.67. The molecular formula is C38H68O3. The van der Waals surface area contributed by atoms with Crippen molar-refractivity contribution in [1.82, 2.24) is 0 Å². The average Bonchev–Trinajstić information content (AvgIpc) is 2.89. The van der Waals surface area contributed by atoms with Gasteiger partial charge < -0.3 is 9.84 Å². The van der Waals surface area contributed by atoms with Crippen molar-refractivity contribution in [1.29, 1.82) is 0 Å². The van der Waals surface area contributed by atoms with Crippen LogP contribution >= 0.6 is 0 Å². The number of aryl methyl sites for hydroxylation is 1. The SMILES string of the molecule is CCCCCCCCCCCCCCCCCC(=O)OCCCCCCc1cc(C(C)(C)C)c(O)c(C(C)(C)C)c1. The molecule has 0 spiro atoms. The predicted molar refractivity (Wildman–Crippen MR) is 178 cm³/mol. The average molecular weight is 573 g/mol. The summed E-state index contributed by atoms with van der Waals surface area (Å²) in [6.45, 7) is 15.8. The number of hydrogen-bond acceptors (Lipinski definition) is 3. The maximum Gasteiger partial charge on any atom is 0.305 e. The Kier molecular flexibility index (Phi) is 19.4. The van der Waals surface area contributed by atoms with Crippen molar-refractivity contribution in [3.63, 3.8) is 0 Å². The van der Waals surface area contributed by atoms with E-state index >= 15 is 0 Å². The number of phenols is 1. The molecule has 0 amide bonds. The molecule has 0 saturated heterocycles. The Bertz CT molecular complexity index is 777. The summed E-state index contributed by atoms with van der Waals surface area (Å²) in [5, 5.41) is 10.9. The van der Waals surface area contributed by atoms with Gasteiger partial charge in [0.2, 0.25) is 0 Å². The molecule has 3 nitrogen and oxygen atoms in total. The van der Waals surface area contributed by atoms with Gasteiger partial charge in [0.05, 0.1) is 6.61 Å². The summed E-state index contributed by atoms with van der Waals surface area (Å²) in [6, 6.07) is 4.40. The molecule has 0 heterocycles. The van der Waals surface area contributed by atoms with Crippen molar-refractivity contribution in [2.45, 2.75) is 194 Å². The molecule has 41 heavy (non-hydrogen) atoms. The smallest absolute Gasteiger partial charge is 0.305 e. The van der Waals surface area contributed by atoms with Crippen LogP contribution in [-0.2, 0) is 26.8 Å². The van der Waals surface area contributed by atoms with Crippen molar-refractivity contribution >= 4 is 5.97 Å². The maximum atomic E-state index is 12.1. The van der Waals surface area contributed by atoms with E-state index in [1.165, 1.54) is 89.0 Å². The van der Waals surface area contributed by atoms with Gasteiger partial charge in [0, 0.05) is 6.42 Å². The normalized spacial score (nSPS) is 12.2. The molecule has 0 unspecified atom stereocenters. The van der Waals surface area contributed by atoms with Gasteiger partial charge in [-0.05, 0) is 53.2 Å². The van der Waals surface area contributed by atoms with E-state index in [4.69, 9.17) is 4.74 Å². The van der Waals surface area contributed by atoms with Gasteiger partial charge in [0.1, 0.15) is 5.75 Å². The number of carbonyl (C=O) groups is 1. The van der Waals surface area contributed by atoms with E-state index in [-0.39, 0.29) is 16.8 Å². The largest absolute Gasteiger partial charge is 0.507 e. The first kappa shape index (κ1) is 37.5. The summed E-state index contributed by atoms with van der Waals surface area (Å²) in [5.41, 5.74) is 3.22. The van der Waals surface area contributed by atoms with Crippen LogP contribution in [0.2, 0.25) is 0 Å². The molecule has 0 aliphatic heterocycles. The highest BCUT2D eigenvalue weighted by Gasteiger charge is 2.26. The second-order valence-electron chi connectivity index (χ2n) is 14.6. The summed E-state index contributed by atoms with van der Waals surface area (Å²) in [4.78, 5) is 12.1. The van der Waals surface area contributed by atoms with Crippen molar-refractivity contribution in [2.24, 2.45) is 0 Å². The topological polar surface area (TPSA) is 46.5 Å².